The van der Waals surface area contributed by atoms with Crippen molar-refractivity contribution in [2.24, 2.45) is 5.41 Å². The van der Waals surface area contributed by atoms with Crippen molar-refractivity contribution >= 4 is 40.1 Å². The summed E-state index contributed by atoms with van der Waals surface area (Å²) in [7, 11) is 0. The second-order valence-electron chi connectivity index (χ2n) is 7.79. The second-order valence-corrected chi connectivity index (χ2v) is 7.79. The lowest BCUT2D eigenvalue weighted by atomic mass is 9.81. The van der Waals surface area contributed by atoms with Gasteiger partial charge in [0.25, 0.3) is 0 Å². The highest BCUT2D eigenvalue weighted by molar-refractivity contribution is 5.94. The lowest BCUT2D eigenvalue weighted by molar-refractivity contribution is -0.122. The van der Waals surface area contributed by atoms with Crippen LogP contribution in [0.15, 0.2) is 53.3 Å². The van der Waals surface area contributed by atoms with E-state index in [1.807, 2.05) is 53.1 Å². The summed E-state index contributed by atoms with van der Waals surface area (Å²) in [4.78, 5) is 25.5. The van der Waals surface area contributed by atoms with Crippen LogP contribution >= 0.6 is 12.4 Å². The van der Waals surface area contributed by atoms with E-state index in [2.05, 4.69) is 17.6 Å². The molecule has 3 aromatic rings. The largest absolute Gasteiger partial charge is 0.354 e. The molecule has 5 nitrogen and oxygen atoms in total. The van der Waals surface area contributed by atoms with E-state index in [1.54, 1.807) is 0 Å². The maximum absolute atomic E-state index is 12.8. The Hall–Kier alpha value is -2.37. The first-order valence-electron chi connectivity index (χ1n) is 9.55. The van der Waals surface area contributed by atoms with E-state index in [0.29, 0.717) is 17.3 Å². The van der Waals surface area contributed by atoms with Crippen molar-refractivity contribution in [1.29, 1.82) is 0 Å². The maximum Gasteiger partial charge on any atom is 0.239 e. The molecule has 1 aliphatic rings. The molecule has 6 heteroatoms. The van der Waals surface area contributed by atoms with Crippen molar-refractivity contribution < 1.29 is 4.79 Å². The van der Waals surface area contributed by atoms with Crippen LogP contribution in [-0.4, -0.2) is 30.1 Å². The van der Waals surface area contributed by atoms with Crippen molar-refractivity contribution in [1.82, 2.24) is 15.2 Å². The Morgan fingerprint density at radius 2 is 1.57 bits per heavy atom. The summed E-state index contributed by atoms with van der Waals surface area (Å²) in [6.07, 6.45) is 2.13. The minimum atomic E-state index is -0.0197. The van der Waals surface area contributed by atoms with Crippen LogP contribution in [0.4, 0.5) is 0 Å². The van der Waals surface area contributed by atoms with E-state index in [4.69, 9.17) is 0 Å². The van der Waals surface area contributed by atoms with Crippen LogP contribution < -0.4 is 16.1 Å². The van der Waals surface area contributed by atoms with Gasteiger partial charge in [-0.1, -0.05) is 31.2 Å². The molecule has 0 saturated carbocycles. The summed E-state index contributed by atoms with van der Waals surface area (Å²) < 4.78 is 1.95. The van der Waals surface area contributed by atoms with E-state index in [9.17, 15) is 9.59 Å². The zero-order chi connectivity index (χ0) is 18.9. The van der Waals surface area contributed by atoms with Gasteiger partial charge < -0.3 is 15.2 Å². The summed E-state index contributed by atoms with van der Waals surface area (Å²) in [5.41, 5.74) is 1.75. The van der Waals surface area contributed by atoms with E-state index in [-0.39, 0.29) is 35.7 Å². The molecule has 28 heavy (non-hydrogen) atoms. The zero-order valence-corrected chi connectivity index (χ0v) is 16.8. The van der Waals surface area contributed by atoms with Crippen LogP contribution in [0.25, 0.3) is 21.8 Å². The Balaban J connectivity index is 0.00000225. The molecule has 0 aliphatic carbocycles. The first-order chi connectivity index (χ1) is 13.1. The number of hydrogen-bond acceptors (Lipinski definition) is 3. The normalized spacial score (nSPS) is 15.9. The lowest BCUT2D eigenvalue weighted by Gasteiger charge is -2.34. The van der Waals surface area contributed by atoms with Crippen molar-refractivity contribution in [2.75, 3.05) is 19.6 Å². The Bertz CT molecular complexity index is 995. The highest BCUT2D eigenvalue weighted by Crippen LogP contribution is 2.26. The number of amides is 1. The zero-order valence-electron chi connectivity index (χ0n) is 16.0. The molecule has 0 unspecified atom stereocenters. The van der Waals surface area contributed by atoms with Crippen LogP contribution in [0, 0.1) is 5.41 Å². The van der Waals surface area contributed by atoms with Gasteiger partial charge >= 0.3 is 0 Å². The highest BCUT2D eigenvalue weighted by atomic mass is 35.5. The van der Waals surface area contributed by atoms with E-state index >= 15 is 0 Å². The fourth-order valence-electron chi connectivity index (χ4n) is 3.97. The van der Waals surface area contributed by atoms with Crippen molar-refractivity contribution in [3.8, 4) is 0 Å². The molecular weight excluding hydrogens is 374 g/mol. The van der Waals surface area contributed by atoms with E-state index < -0.39 is 0 Å². The Morgan fingerprint density at radius 1 is 1.04 bits per heavy atom. The van der Waals surface area contributed by atoms with Crippen LogP contribution in [-0.2, 0) is 11.3 Å². The Kier molecular flexibility index (Phi) is 6.06. The molecule has 1 saturated heterocycles. The number of benzene rings is 2. The van der Waals surface area contributed by atoms with Gasteiger partial charge in [-0.2, -0.15) is 0 Å². The van der Waals surface area contributed by atoms with Crippen molar-refractivity contribution in [2.45, 2.75) is 26.3 Å². The van der Waals surface area contributed by atoms with Crippen LogP contribution in [0.1, 0.15) is 19.8 Å². The number of nitrogens with zero attached hydrogens (tertiary/aromatic N) is 1. The number of carbonyl (C=O) groups is 1. The summed E-state index contributed by atoms with van der Waals surface area (Å²) in [6, 6.07) is 15.0. The minimum Gasteiger partial charge on any atom is -0.354 e. The van der Waals surface area contributed by atoms with E-state index in [1.165, 1.54) is 0 Å². The summed E-state index contributed by atoms with van der Waals surface area (Å²) >= 11 is 0. The number of fused-ring (bicyclic) bond motifs is 2. The number of aromatic nitrogens is 1. The molecule has 1 fully saturated rings. The topological polar surface area (TPSA) is 63.1 Å². The van der Waals surface area contributed by atoms with Crippen LogP contribution in [0.2, 0.25) is 0 Å². The Morgan fingerprint density at radius 3 is 2.14 bits per heavy atom. The number of nitrogens with one attached hydrogen (secondary N) is 2. The molecule has 4 rings (SSSR count). The summed E-state index contributed by atoms with van der Waals surface area (Å²) in [5, 5.41) is 7.78. The third kappa shape index (κ3) is 3.91. The molecule has 1 aromatic heterocycles. The van der Waals surface area contributed by atoms with Crippen LogP contribution in [0.5, 0.6) is 0 Å². The third-order valence-electron chi connectivity index (χ3n) is 5.70. The van der Waals surface area contributed by atoms with Gasteiger partial charge in [0, 0.05) is 17.3 Å². The Labute approximate surface area is 170 Å². The molecule has 0 radical (unpaired) electrons. The van der Waals surface area contributed by atoms with Gasteiger partial charge in [-0.15, -0.1) is 12.4 Å². The van der Waals surface area contributed by atoms with Gasteiger partial charge in [0.2, 0.25) is 5.91 Å². The minimum absolute atomic E-state index is 0. The van der Waals surface area contributed by atoms with Crippen molar-refractivity contribution in [3.05, 3.63) is 58.8 Å². The van der Waals surface area contributed by atoms with Gasteiger partial charge in [-0.05, 0) is 55.6 Å². The third-order valence-corrected chi connectivity index (χ3v) is 5.70. The number of pyridine rings is 1. The quantitative estimate of drug-likeness (QED) is 0.663. The average Bonchev–Trinajstić information content (AvgIpc) is 2.70. The van der Waals surface area contributed by atoms with Gasteiger partial charge in [0.05, 0.1) is 11.0 Å². The standard InChI is InChI=1S/C22H25N3O2.ClH/c1-22(10-12-23-13-11-22)15-24-20(26)14-25-18-8-4-2-6-16(18)21(27)17-7-3-5-9-19(17)25;/h2-9,23H,10-15H2,1H3,(H,24,26);1H. The van der Waals surface area contributed by atoms with Gasteiger partial charge in [-0.25, -0.2) is 0 Å². The highest BCUT2D eigenvalue weighted by Gasteiger charge is 2.27. The smallest absolute Gasteiger partial charge is 0.239 e. The first-order valence-corrected chi connectivity index (χ1v) is 9.55. The first kappa shape index (κ1) is 20.4. The molecule has 0 bridgehead atoms. The second kappa shape index (κ2) is 8.33. The number of rotatable bonds is 4. The summed E-state index contributed by atoms with van der Waals surface area (Å²) in [5.74, 6) is -0.0197. The molecule has 2 aromatic carbocycles. The van der Waals surface area contributed by atoms with Crippen molar-refractivity contribution in [3.63, 3.8) is 0 Å². The monoisotopic (exact) mass is 399 g/mol. The van der Waals surface area contributed by atoms with Crippen LogP contribution in [0.3, 0.4) is 0 Å². The number of para-hydroxylation sites is 2. The molecule has 0 spiro atoms. The lowest BCUT2D eigenvalue weighted by Crippen LogP contribution is -2.43. The average molecular weight is 400 g/mol. The maximum atomic E-state index is 12.8. The molecule has 148 valence electrons. The molecule has 2 heterocycles. The van der Waals surface area contributed by atoms with Gasteiger partial charge in [-0.3, -0.25) is 9.59 Å². The van der Waals surface area contributed by atoms with Gasteiger partial charge in [0.1, 0.15) is 6.54 Å². The molecule has 0 atom stereocenters. The van der Waals surface area contributed by atoms with E-state index in [0.717, 1.165) is 37.0 Å². The molecular formula is C22H26ClN3O2. The number of piperidine rings is 1. The molecule has 2 N–H and O–H groups in total. The number of halogens is 1. The van der Waals surface area contributed by atoms with Gasteiger partial charge in [0.15, 0.2) is 5.43 Å². The fraction of sp³-hybridized carbons (Fsp3) is 0.364. The fourth-order valence-corrected chi connectivity index (χ4v) is 3.97. The number of carbonyl (C=O) groups excluding carboxylic acids is 1. The predicted octanol–water partition coefficient (Wildman–Crippen LogP) is 3.08. The number of hydrogen-bond donors (Lipinski definition) is 2. The molecule has 1 aliphatic heterocycles. The predicted molar refractivity (Wildman–Crippen MR) is 116 cm³/mol. The molecule has 1 amide bonds. The summed E-state index contributed by atoms with van der Waals surface area (Å²) in [6.45, 7) is 5.13. The SMILES string of the molecule is CC1(CNC(=O)Cn2c3ccccc3c(=O)c3ccccc32)CCNCC1.Cl.